The molecule has 100 valence electrons. The molecule has 0 radical (unpaired) electrons. The summed E-state index contributed by atoms with van der Waals surface area (Å²) in [5.74, 6) is 2.90. The first kappa shape index (κ1) is 13.4. The number of aliphatic hydroxyl groups is 1. The Bertz CT molecular complexity index is 238. The SMILES string of the molecule is CCC1CCCC(C2(O)CC(C)CC(C)C2)C1. The monoisotopic (exact) mass is 238 g/mol. The maximum Gasteiger partial charge on any atom is 0.0681 e. The van der Waals surface area contributed by atoms with Crippen LogP contribution in [0.4, 0.5) is 0 Å². The molecule has 2 saturated carbocycles. The Labute approximate surface area is 107 Å². The Hall–Kier alpha value is -0.0400. The molecule has 0 aromatic heterocycles. The second-order valence-corrected chi connectivity index (χ2v) is 7.10. The van der Waals surface area contributed by atoms with Crippen molar-refractivity contribution in [3.8, 4) is 0 Å². The van der Waals surface area contributed by atoms with E-state index < -0.39 is 0 Å². The highest BCUT2D eigenvalue weighted by Crippen LogP contribution is 2.46. The third-order valence-electron chi connectivity index (χ3n) is 5.33. The van der Waals surface area contributed by atoms with Crippen molar-refractivity contribution in [2.24, 2.45) is 23.7 Å². The molecular weight excluding hydrogens is 208 g/mol. The Morgan fingerprint density at radius 2 is 1.71 bits per heavy atom. The summed E-state index contributed by atoms with van der Waals surface area (Å²) in [6.07, 6.45) is 10.0. The molecule has 0 aromatic carbocycles. The van der Waals surface area contributed by atoms with E-state index in [0.29, 0.717) is 17.8 Å². The molecule has 0 heterocycles. The van der Waals surface area contributed by atoms with Gasteiger partial charge in [-0.05, 0) is 55.8 Å². The average molecular weight is 238 g/mol. The maximum absolute atomic E-state index is 11.1. The van der Waals surface area contributed by atoms with E-state index in [1.807, 2.05) is 0 Å². The Kier molecular flexibility index (Phi) is 4.18. The summed E-state index contributed by atoms with van der Waals surface area (Å²) in [5.41, 5.74) is -0.328. The molecule has 2 fully saturated rings. The summed E-state index contributed by atoms with van der Waals surface area (Å²) in [4.78, 5) is 0. The van der Waals surface area contributed by atoms with Crippen LogP contribution >= 0.6 is 0 Å². The van der Waals surface area contributed by atoms with Crippen LogP contribution in [0.25, 0.3) is 0 Å². The van der Waals surface area contributed by atoms with Crippen molar-refractivity contribution in [3.05, 3.63) is 0 Å². The zero-order valence-corrected chi connectivity index (χ0v) is 11.9. The van der Waals surface area contributed by atoms with Crippen LogP contribution in [0.15, 0.2) is 0 Å². The number of hydrogen-bond acceptors (Lipinski definition) is 1. The van der Waals surface area contributed by atoms with Crippen LogP contribution in [0.5, 0.6) is 0 Å². The molecule has 1 N–H and O–H groups in total. The van der Waals surface area contributed by atoms with Gasteiger partial charge in [-0.15, -0.1) is 0 Å². The van der Waals surface area contributed by atoms with Crippen LogP contribution in [0.2, 0.25) is 0 Å². The molecule has 2 aliphatic rings. The fourth-order valence-corrected chi connectivity index (χ4v) is 4.63. The van der Waals surface area contributed by atoms with Gasteiger partial charge in [0.1, 0.15) is 0 Å². The van der Waals surface area contributed by atoms with Crippen molar-refractivity contribution in [1.82, 2.24) is 0 Å². The van der Waals surface area contributed by atoms with E-state index in [1.165, 1.54) is 38.5 Å². The van der Waals surface area contributed by atoms with Crippen molar-refractivity contribution < 1.29 is 5.11 Å². The van der Waals surface area contributed by atoms with Gasteiger partial charge in [0, 0.05) is 0 Å². The van der Waals surface area contributed by atoms with E-state index in [-0.39, 0.29) is 5.60 Å². The van der Waals surface area contributed by atoms with Crippen LogP contribution in [0.3, 0.4) is 0 Å². The predicted octanol–water partition coefficient (Wildman–Crippen LogP) is 4.39. The topological polar surface area (TPSA) is 20.2 Å². The van der Waals surface area contributed by atoms with Gasteiger partial charge in [-0.1, -0.05) is 40.0 Å². The molecule has 4 unspecified atom stereocenters. The zero-order chi connectivity index (χ0) is 12.5. The van der Waals surface area contributed by atoms with Crippen molar-refractivity contribution >= 4 is 0 Å². The van der Waals surface area contributed by atoms with Crippen molar-refractivity contribution in [2.45, 2.75) is 77.7 Å². The lowest BCUT2D eigenvalue weighted by Gasteiger charge is -2.46. The van der Waals surface area contributed by atoms with Crippen LogP contribution < -0.4 is 0 Å². The van der Waals surface area contributed by atoms with E-state index in [0.717, 1.165) is 18.8 Å². The molecular formula is C16H30O. The van der Waals surface area contributed by atoms with Crippen LogP contribution in [-0.4, -0.2) is 10.7 Å². The summed E-state index contributed by atoms with van der Waals surface area (Å²) >= 11 is 0. The highest BCUT2D eigenvalue weighted by molar-refractivity contribution is 4.95. The number of hydrogen-bond donors (Lipinski definition) is 1. The summed E-state index contributed by atoms with van der Waals surface area (Å²) in [6.45, 7) is 6.95. The Balaban J connectivity index is 2.03. The average Bonchev–Trinajstić information content (AvgIpc) is 2.27. The Morgan fingerprint density at radius 1 is 1.06 bits per heavy atom. The second-order valence-electron chi connectivity index (χ2n) is 7.10. The summed E-state index contributed by atoms with van der Waals surface area (Å²) in [5, 5.41) is 11.1. The molecule has 0 saturated heterocycles. The third kappa shape index (κ3) is 3.05. The first-order chi connectivity index (χ1) is 8.03. The van der Waals surface area contributed by atoms with Crippen LogP contribution in [0, 0.1) is 23.7 Å². The van der Waals surface area contributed by atoms with Gasteiger partial charge in [0.2, 0.25) is 0 Å². The van der Waals surface area contributed by atoms with Gasteiger partial charge in [0.25, 0.3) is 0 Å². The van der Waals surface area contributed by atoms with Crippen molar-refractivity contribution in [3.63, 3.8) is 0 Å². The maximum atomic E-state index is 11.1. The lowest BCUT2D eigenvalue weighted by Crippen LogP contribution is -2.46. The summed E-state index contributed by atoms with van der Waals surface area (Å²) < 4.78 is 0. The first-order valence-corrected chi connectivity index (χ1v) is 7.76. The van der Waals surface area contributed by atoms with Gasteiger partial charge in [0.15, 0.2) is 0 Å². The third-order valence-corrected chi connectivity index (χ3v) is 5.33. The fourth-order valence-electron chi connectivity index (χ4n) is 4.63. The zero-order valence-electron chi connectivity index (χ0n) is 11.9. The minimum atomic E-state index is -0.328. The molecule has 17 heavy (non-hydrogen) atoms. The minimum Gasteiger partial charge on any atom is -0.390 e. The summed E-state index contributed by atoms with van der Waals surface area (Å²) in [7, 11) is 0. The normalized spacial score (nSPS) is 48.0. The van der Waals surface area contributed by atoms with Gasteiger partial charge in [-0.3, -0.25) is 0 Å². The van der Waals surface area contributed by atoms with E-state index in [4.69, 9.17) is 0 Å². The predicted molar refractivity (Wildman–Crippen MR) is 72.9 cm³/mol. The van der Waals surface area contributed by atoms with Crippen LogP contribution in [0.1, 0.15) is 72.1 Å². The van der Waals surface area contributed by atoms with E-state index in [1.54, 1.807) is 0 Å². The van der Waals surface area contributed by atoms with Gasteiger partial charge < -0.3 is 5.11 Å². The largest absolute Gasteiger partial charge is 0.390 e. The molecule has 4 atom stereocenters. The van der Waals surface area contributed by atoms with Gasteiger partial charge in [-0.2, -0.15) is 0 Å². The van der Waals surface area contributed by atoms with Crippen molar-refractivity contribution in [2.75, 3.05) is 0 Å². The number of rotatable bonds is 2. The molecule has 2 aliphatic carbocycles. The lowest BCUT2D eigenvalue weighted by atomic mass is 9.63. The molecule has 0 aromatic rings. The van der Waals surface area contributed by atoms with E-state index >= 15 is 0 Å². The molecule has 0 amide bonds. The molecule has 1 nitrogen and oxygen atoms in total. The van der Waals surface area contributed by atoms with Crippen LogP contribution in [-0.2, 0) is 0 Å². The van der Waals surface area contributed by atoms with Gasteiger partial charge in [0.05, 0.1) is 5.60 Å². The second kappa shape index (κ2) is 5.30. The van der Waals surface area contributed by atoms with Crippen molar-refractivity contribution in [1.29, 1.82) is 0 Å². The van der Waals surface area contributed by atoms with E-state index in [2.05, 4.69) is 20.8 Å². The highest BCUT2D eigenvalue weighted by atomic mass is 16.3. The molecule has 2 rings (SSSR count). The Morgan fingerprint density at radius 3 is 2.29 bits per heavy atom. The molecule has 0 aliphatic heterocycles. The molecule has 1 heteroatoms. The first-order valence-electron chi connectivity index (χ1n) is 7.76. The smallest absolute Gasteiger partial charge is 0.0681 e. The fraction of sp³-hybridized carbons (Fsp3) is 1.00. The lowest BCUT2D eigenvalue weighted by molar-refractivity contribution is -0.0932. The molecule has 0 bridgehead atoms. The van der Waals surface area contributed by atoms with E-state index in [9.17, 15) is 5.11 Å². The van der Waals surface area contributed by atoms with Gasteiger partial charge >= 0.3 is 0 Å². The highest BCUT2D eigenvalue weighted by Gasteiger charge is 2.43. The minimum absolute atomic E-state index is 0.328. The molecule has 0 spiro atoms. The standard InChI is InChI=1S/C16H30O/c1-4-14-6-5-7-15(9-14)16(17)10-12(2)8-13(3)11-16/h12-15,17H,4-11H2,1-3H3. The summed E-state index contributed by atoms with van der Waals surface area (Å²) in [6, 6.07) is 0. The quantitative estimate of drug-likeness (QED) is 0.756. The van der Waals surface area contributed by atoms with Gasteiger partial charge in [-0.25, -0.2) is 0 Å².